The molecular formula is C8H6N6O. The second kappa shape index (κ2) is 3.05. The molecule has 3 aromatic rings. The van der Waals surface area contributed by atoms with Crippen LogP contribution in [0.5, 0.6) is 0 Å². The van der Waals surface area contributed by atoms with Gasteiger partial charge in [-0.05, 0) is 6.07 Å². The third-order valence-electron chi connectivity index (χ3n) is 1.87. The van der Waals surface area contributed by atoms with Crippen LogP contribution in [0.2, 0.25) is 0 Å². The summed E-state index contributed by atoms with van der Waals surface area (Å²) in [5.74, 6) is 0.560. The quantitative estimate of drug-likeness (QED) is 0.659. The molecule has 3 rings (SSSR count). The summed E-state index contributed by atoms with van der Waals surface area (Å²) >= 11 is 0. The van der Waals surface area contributed by atoms with Gasteiger partial charge < -0.3 is 4.42 Å². The molecule has 1 N–H and O–H groups in total. The van der Waals surface area contributed by atoms with Crippen molar-refractivity contribution in [1.29, 1.82) is 0 Å². The highest BCUT2D eigenvalue weighted by molar-refractivity contribution is 5.49. The molecule has 0 saturated heterocycles. The van der Waals surface area contributed by atoms with Crippen LogP contribution in [0.3, 0.4) is 0 Å². The highest BCUT2D eigenvalue weighted by Gasteiger charge is 2.08. The van der Waals surface area contributed by atoms with E-state index < -0.39 is 0 Å². The van der Waals surface area contributed by atoms with Crippen LogP contribution in [0, 0.1) is 0 Å². The molecule has 15 heavy (non-hydrogen) atoms. The van der Waals surface area contributed by atoms with Crippen LogP contribution in [0.4, 0.5) is 0 Å². The summed E-state index contributed by atoms with van der Waals surface area (Å²) in [6, 6.07) is 3.54. The molecule has 0 atom stereocenters. The maximum atomic E-state index is 5.14. The van der Waals surface area contributed by atoms with Gasteiger partial charge in [0, 0.05) is 6.07 Å². The van der Waals surface area contributed by atoms with Gasteiger partial charge in [-0.25, -0.2) is 0 Å². The molecule has 7 heteroatoms. The monoisotopic (exact) mass is 202 g/mol. The molecule has 0 aromatic carbocycles. The molecule has 0 amide bonds. The summed E-state index contributed by atoms with van der Waals surface area (Å²) in [6.45, 7) is 0. The van der Waals surface area contributed by atoms with E-state index in [2.05, 4.69) is 25.6 Å². The summed E-state index contributed by atoms with van der Waals surface area (Å²) in [6.07, 6.45) is 4.74. The Morgan fingerprint density at radius 1 is 1.27 bits per heavy atom. The molecule has 74 valence electrons. The summed E-state index contributed by atoms with van der Waals surface area (Å²) < 4.78 is 5.14. The van der Waals surface area contributed by atoms with E-state index in [0.29, 0.717) is 17.3 Å². The Balaban J connectivity index is 2.02. The molecule has 0 unspecified atom stereocenters. The lowest BCUT2D eigenvalue weighted by atomic mass is 10.4. The average Bonchev–Trinajstić information content (AvgIpc) is 3.02. The fourth-order valence-electron chi connectivity index (χ4n) is 1.20. The Morgan fingerprint density at radius 3 is 3.00 bits per heavy atom. The van der Waals surface area contributed by atoms with Crippen LogP contribution < -0.4 is 0 Å². The lowest BCUT2D eigenvalue weighted by Gasteiger charge is -1.90. The maximum absolute atomic E-state index is 5.14. The summed E-state index contributed by atoms with van der Waals surface area (Å²) in [7, 11) is 0. The van der Waals surface area contributed by atoms with Crippen LogP contribution in [0.15, 0.2) is 35.2 Å². The van der Waals surface area contributed by atoms with Gasteiger partial charge in [-0.2, -0.15) is 20.5 Å². The average molecular weight is 202 g/mol. The standard InChI is InChI=1S/C8H6N6O/c1-2-8(15-3-1)14-10-5-7(12-14)6-4-9-13-11-6/h1-5H,(H,9,11,13). The van der Waals surface area contributed by atoms with Gasteiger partial charge >= 0.3 is 0 Å². The molecule has 7 nitrogen and oxygen atoms in total. The lowest BCUT2D eigenvalue weighted by molar-refractivity contribution is 0.500. The lowest BCUT2D eigenvalue weighted by Crippen LogP contribution is -1.96. The van der Waals surface area contributed by atoms with Gasteiger partial charge in [-0.1, -0.05) is 0 Å². The molecule has 0 spiro atoms. The Kier molecular flexibility index (Phi) is 1.61. The van der Waals surface area contributed by atoms with E-state index in [1.165, 1.54) is 4.80 Å². The normalized spacial score (nSPS) is 10.7. The van der Waals surface area contributed by atoms with Crippen molar-refractivity contribution >= 4 is 0 Å². The van der Waals surface area contributed by atoms with E-state index >= 15 is 0 Å². The number of rotatable bonds is 2. The molecule has 0 aliphatic rings. The van der Waals surface area contributed by atoms with Gasteiger partial charge in [0.25, 0.3) is 0 Å². The van der Waals surface area contributed by atoms with E-state index in [0.717, 1.165) is 0 Å². The summed E-state index contributed by atoms with van der Waals surface area (Å²) in [5.41, 5.74) is 1.29. The minimum Gasteiger partial charge on any atom is -0.445 e. The van der Waals surface area contributed by atoms with Crippen LogP contribution in [-0.4, -0.2) is 30.4 Å². The largest absolute Gasteiger partial charge is 0.445 e. The van der Waals surface area contributed by atoms with Crippen molar-refractivity contribution in [2.75, 3.05) is 0 Å². The van der Waals surface area contributed by atoms with Gasteiger partial charge in [0.05, 0.1) is 18.7 Å². The Labute approximate surface area is 83.7 Å². The predicted molar refractivity (Wildman–Crippen MR) is 49.0 cm³/mol. The number of aromatic nitrogens is 6. The van der Waals surface area contributed by atoms with Gasteiger partial charge in [0.2, 0.25) is 5.88 Å². The molecule has 0 aliphatic heterocycles. The SMILES string of the molecule is c1coc(-n2ncc(-c3cn[nH]n3)n2)c1. The molecule has 0 aliphatic carbocycles. The minimum absolute atomic E-state index is 0.560. The molecule has 0 fully saturated rings. The number of nitrogens with one attached hydrogen (secondary N) is 1. The van der Waals surface area contributed by atoms with E-state index in [9.17, 15) is 0 Å². The zero-order chi connectivity index (χ0) is 10.1. The molecule has 3 aromatic heterocycles. The maximum Gasteiger partial charge on any atom is 0.238 e. The van der Waals surface area contributed by atoms with Crippen molar-refractivity contribution in [2.45, 2.75) is 0 Å². The minimum atomic E-state index is 0.560. The van der Waals surface area contributed by atoms with E-state index in [4.69, 9.17) is 4.42 Å². The fraction of sp³-hybridized carbons (Fsp3) is 0. The topological polar surface area (TPSA) is 85.4 Å². The van der Waals surface area contributed by atoms with Gasteiger partial charge in [0.1, 0.15) is 11.4 Å². The third kappa shape index (κ3) is 1.30. The summed E-state index contributed by atoms with van der Waals surface area (Å²) in [5, 5.41) is 18.3. The van der Waals surface area contributed by atoms with Crippen LogP contribution in [0.1, 0.15) is 0 Å². The number of furan rings is 1. The third-order valence-corrected chi connectivity index (χ3v) is 1.87. The number of H-pyrrole nitrogens is 1. The van der Waals surface area contributed by atoms with E-state index in [1.807, 2.05) is 0 Å². The first-order valence-electron chi connectivity index (χ1n) is 4.26. The number of hydrogen-bond donors (Lipinski definition) is 1. The van der Waals surface area contributed by atoms with Crippen molar-refractivity contribution < 1.29 is 4.42 Å². The number of aromatic amines is 1. The van der Waals surface area contributed by atoms with Crippen LogP contribution in [0.25, 0.3) is 17.3 Å². The van der Waals surface area contributed by atoms with Crippen LogP contribution in [-0.2, 0) is 0 Å². The first-order chi connectivity index (χ1) is 7.43. The van der Waals surface area contributed by atoms with Gasteiger partial charge in [0.15, 0.2) is 0 Å². The Hall–Kier alpha value is -2.44. The van der Waals surface area contributed by atoms with Crippen LogP contribution >= 0.6 is 0 Å². The Morgan fingerprint density at radius 2 is 2.27 bits per heavy atom. The molecule has 0 saturated carbocycles. The number of hydrogen-bond acceptors (Lipinski definition) is 5. The second-order valence-electron chi connectivity index (χ2n) is 2.83. The van der Waals surface area contributed by atoms with Crippen molar-refractivity contribution in [1.82, 2.24) is 30.4 Å². The molecular weight excluding hydrogens is 196 g/mol. The zero-order valence-corrected chi connectivity index (χ0v) is 7.53. The predicted octanol–water partition coefficient (Wildman–Crippen LogP) is 0.645. The van der Waals surface area contributed by atoms with Gasteiger partial charge in [-0.3, -0.25) is 0 Å². The molecule has 0 radical (unpaired) electrons. The smallest absolute Gasteiger partial charge is 0.238 e. The first-order valence-corrected chi connectivity index (χ1v) is 4.26. The Bertz CT molecular complexity index is 489. The second-order valence-corrected chi connectivity index (χ2v) is 2.83. The highest BCUT2D eigenvalue weighted by Crippen LogP contribution is 2.12. The van der Waals surface area contributed by atoms with E-state index in [1.54, 1.807) is 30.8 Å². The first kappa shape index (κ1) is 7.92. The van der Waals surface area contributed by atoms with Crippen molar-refractivity contribution in [2.24, 2.45) is 0 Å². The van der Waals surface area contributed by atoms with Crippen molar-refractivity contribution in [3.63, 3.8) is 0 Å². The summed E-state index contributed by atoms with van der Waals surface area (Å²) in [4.78, 5) is 1.39. The van der Waals surface area contributed by atoms with E-state index in [-0.39, 0.29) is 0 Å². The highest BCUT2D eigenvalue weighted by atomic mass is 16.3. The zero-order valence-electron chi connectivity index (χ0n) is 7.53. The molecule has 3 heterocycles. The number of nitrogens with zero attached hydrogens (tertiary/aromatic N) is 5. The van der Waals surface area contributed by atoms with Crippen molar-refractivity contribution in [3.05, 3.63) is 30.8 Å². The van der Waals surface area contributed by atoms with Crippen molar-refractivity contribution in [3.8, 4) is 17.3 Å². The molecule has 0 bridgehead atoms. The van der Waals surface area contributed by atoms with Gasteiger partial charge in [-0.15, -0.1) is 9.90 Å². The fourth-order valence-corrected chi connectivity index (χ4v) is 1.20.